The fourth-order valence-electron chi connectivity index (χ4n) is 2.86. The lowest BCUT2D eigenvalue weighted by molar-refractivity contribution is 0.670. The molecular formula is C22H15FN2. The van der Waals surface area contributed by atoms with Crippen LogP contribution in [0.1, 0.15) is 17.1 Å². The minimum absolute atomic E-state index is 0.437. The molecule has 0 saturated heterocycles. The van der Waals surface area contributed by atoms with Crippen molar-refractivity contribution in [3.05, 3.63) is 101 Å². The quantitative estimate of drug-likeness (QED) is 0.587. The first-order valence-corrected chi connectivity index (χ1v) is 8.06. The Hall–Kier alpha value is -3.29. The summed E-state index contributed by atoms with van der Waals surface area (Å²) in [6.07, 6.45) is 5.17. The molecule has 25 heavy (non-hydrogen) atoms. The van der Waals surface area contributed by atoms with E-state index < -0.39 is 5.83 Å². The van der Waals surface area contributed by atoms with Gasteiger partial charge in [0, 0.05) is 11.1 Å². The van der Waals surface area contributed by atoms with Crippen molar-refractivity contribution in [2.45, 2.75) is 6.92 Å². The van der Waals surface area contributed by atoms with Crippen LogP contribution in [0.15, 0.2) is 84.4 Å². The molecule has 0 radical (unpaired) electrons. The number of hydrogen-bond acceptors (Lipinski definition) is 2. The number of fused-ring (bicyclic) bond motifs is 1. The minimum Gasteiger partial charge on any atom is -0.232 e. The molecule has 1 aliphatic rings. The van der Waals surface area contributed by atoms with Crippen LogP contribution in [0.5, 0.6) is 0 Å². The number of para-hydroxylation sites is 1. The van der Waals surface area contributed by atoms with E-state index in [9.17, 15) is 4.39 Å². The van der Waals surface area contributed by atoms with Crippen molar-refractivity contribution in [3.8, 4) is 0 Å². The Balaban J connectivity index is 1.79. The van der Waals surface area contributed by atoms with Crippen LogP contribution in [-0.2, 0) is 0 Å². The third kappa shape index (κ3) is 3.06. The molecule has 2 aromatic carbocycles. The van der Waals surface area contributed by atoms with Gasteiger partial charge in [-0.3, -0.25) is 0 Å². The van der Waals surface area contributed by atoms with Crippen molar-refractivity contribution in [2.75, 3.05) is 0 Å². The molecule has 0 fully saturated rings. The molecule has 0 unspecified atom stereocenters. The van der Waals surface area contributed by atoms with Crippen molar-refractivity contribution in [3.63, 3.8) is 0 Å². The van der Waals surface area contributed by atoms with Gasteiger partial charge in [0.2, 0.25) is 0 Å². The summed E-state index contributed by atoms with van der Waals surface area (Å²) < 4.78 is 14.3. The first-order chi connectivity index (χ1) is 12.2. The summed E-state index contributed by atoms with van der Waals surface area (Å²) in [4.78, 5) is 9.10. The summed E-state index contributed by atoms with van der Waals surface area (Å²) in [5, 5.41) is 0.997. The average molecular weight is 326 g/mol. The van der Waals surface area contributed by atoms with Crippen molar-refractivity contribution in [1.29, 1.82) is 0 Å². The fraction of sp³-hybridized carbons (Fsp3) is 0.0455. The maximum absolute atomic E-state index is 14.3. The third-order valence-electron chi connectivity index (χ3n) is 4.11. The van der Waals surface area contributed by atoms with E-state index in [0.717, 1.165) is 27.7 Å². The van der Waals surface area contributed by atoms with Gasteiger partial charge < -0.3 is 0 Å². The van der Waals surface area contributed by atoms with Crippen LogP contribution in [0.25, 0.3) is 22.0 Å². The number of rotatable bonds is 2. The van der Waals surface area contributed by atoms with Crippen molar-refractivity contribution in [1.82, 2.24) is 9.97 Å². The summed E-state index contributed by atoms with van der Waals surface area (Å²) in [6.45, 7) is 1.93. The van der Waals surface area contributed by atoms with Crippen molar-refractivity contribution in [2.24, 2.45) is 0 Å². The highest BCUT2D eigenvalue weighted by Crippen LogP contribution is 2.25. The lowest BCUT2D eigenvalue weighted by Gasteiger charge is -2.05. The highest BCUT2D eigenvalue weighted by molar-refractivity contribution is 5.86. The number of hydrogen-bond donors (Lipinski definition) is 0. The highest BCUT2D eigenvalue weighted by Gasteiger charge is 2.10. The van der Waals surface area contributed by atoms with Gasteiger partial charge in [-0.25, -0.2) is 9.97 Å². The fourth-order valence-corrected chi connectivity index (χ4v) is 2.86. The zero-order chi connectivity index (χ0) is 17.2. The molecule has 3 aromatic rings. The summed E-state index contributed by atoms with van der Waals surface area (Å²) in [5.74, 6) is 0.0403. The molecule has 2 nitrogen and oxygen atoms in total. The smallest absolute Gasteiger partial charge is 0.168 e. The Labute approximate surface area is 145 Å². The topological polar surface area (TPSA) is 25.8 Å². The summed E-state index contributed by atoms with van der Waals surface area (Å²) in [5.41, 5.74) is 6.75. The second-order valence-electron chi connectivity index (χ2n) is 5.84. The SMILES string of the molecule is Cc1nc(C2=C=C(F)C=C(c3ccccc3)C=C2)nc2ccccc12. The summed E-state index contributed by atoms with van der Waals surface area (Å²) in [6, 6.07) is 17.5. The molecule has 1 aromatic heterocycles. The van der Waals surface area contributed by atoms with Gasteiger partial charge in [0.05, 0.1) is 11.1 Å². The van der Waals surface area contributed by atoms with Crippen LogP contribution < -0.4 is 0 Å². The number of halogens is 1. The molecular weight excluding hydrogens is 311 g/mol. The van der Waals surface area contributed by atoms with Crippen LogP contribution in [-0.4, -0.2) is 9.97 Å². The van der Waals surface area contributed by atoms with E-state index in [1.54, 1.807) is 0 Å². The van der Waals surface area contributed by atoms with Gasteiger partial charge in [0.1, 0.15) is 0 Å². The number of nitrogens with zero attached hydrogens (tertiary/aromatic N) is 2. The Morgan fingerprint density at radius 1 is 0.880 bits per heavy atom. The van der Waals surface area contributed by atoms with E-state index in [2.05, 4.69) is 15.7 Å². The molecule has 3 heteroatoms. The monoisotopic (exact) mass is 326 g/mol. The molecule has 0 bridgehead atoms. The molecule has 0 aliphatic heterocycles. The predicted molar refractivity (Wildman–Crippen MR) is 99.4 cm³/mol. The van der Waals surface area contributed by atoms with Gasteiger partial charge in [0.15, 0.2) is 11.7 Å². The zero-order valence-corrected chi connectivity index (χ0v) is 13.7. The molecule has 0 saturated carbocycles. The maximum atomic E-state index is 14.3. The number of aromatic nitrogens is 2. The van der Waals surface area contributed by atoms with Crippen LogP contribution in [0.2, 0.25) is 0 Å². The summed E-state index contributed by atoms with van der Waals surface area (Å²) >= 11 is 0. The lowest BCUT2D eigenvalue weighted by Crippen LogP contribution is -1.96. The van der Waals surface area contributed by atoms with Crippen LogP contribution in [0.4, 0.5) is 4.39 Å². The lowest BCUT2D eigenvalue weighted by atomic mass is 10.0. The van der Waals surface area contributed by atoms with Gasteiger partial charge in [0.25, 0.3) is 0 Å². The Kier molecular flexibility index (Phi) is 3.85. The molecule has 0 N–H and O–H groups in total. The van der Waals surface area contributed by atoms with Crippen molar-refractivity contribution >= 4 is 22.0 Å². The molecule has 0 spiro atoms. The Bertz CT molecular complexity index is 1090. The molecule has 0 atom stereocenters. The molecule has 1 heterocycles. The normalized spacial score (nSPS) is 13.9. The van der Waals surface area contributed by atoms with Crippen molar-refractivity contribution < 1.29 is 4.39 Å². The average Bonchev–Trinajstić information content (AvgIpc) is 2.84. The maximum Gasteiger partial charge on any atom is 0.168 e. The largest absolute Gasteiger partial charge is 0.232 e. The van der Waals surface area contributed by atoms with Gasteiger partial charge in [-0.2, -0.15) is 4.39 Å². The third-order valence-corrected chi connectivity index (χ3v) is 4.11. The molecule has 4 rings (SSSR count). The summed E-state index contributed by atoms with van der Waals surface area (Å²) in [7, 11) is 0. The Morgan fingerprint density at radius 2 is 1.64 bits per heavy atom. The standard InChI is InChI=1S/C22H15FN2/c1-15-20-9-5-6-10-21(20)25-22(24-15)18-12-11-17(13-19(23)14-18)16-7-3-2-4-8-16/h2-13H,1H3. The second kappa shape index (κ2) is 6.31. The molecule has 1 aliphatic carbocycles. The highest BCUT2D eigenvalue weighted by atomic mass is 19.1. The zero-order valence-electron chi connectivity index (χ0n) is 13.7. The van der Waals surface area contributed by atoms with Crippen LogP contribution in [0.3, 0.4) is 0 Å². The van der Waals surface area contributed by atoms with E-state index in [1.165, 1.54) is 6.08 Å². The predicted octanol–water partition coefficient (Wildman–Crippen LogP) is 5.43. The molecule has 120 valence electrons. The number of benzene rings is 2. The van der Waals surface area contributed by atoms with Gasteiger partial charge in [-0.05, 0) is 36.3 Å². The van der Waals surface area contributed by atoms with Gasteiger partial charge in [-0.15, -0.1) is 0 Å². The van der Waals surface area contributed by atoms with E-state index in [4.69, 9.17) is 0 Å². The van der Waals surface area contributed by atoms with E-state index in [-0.39, 0.29) is 0 Å². The van der Waals surface area contributed by atoms with E-state index in [0.29, 0.717) is 11.4 Å². The van der Waals surface area contributed by atoms with Gasteiger partial charge >= 0.3 is 0 Å². The van der Waals surface area contributed by atoms with E-state index in [1.807, 2.05) is 73.7 Å². The second-order valence-corrected chi connectivity index (χ2v) is 5.84. The first-order valence-electron chi connectivity index (χ1n) is 8.06. The first kappa shape index (κ1) is 15.3. The Morgan fingerprint density at radius 3 is 2.48 bits per heavy atom. The number of aryl methyl sites for hydroxylation is 1. The van der Waals surface area contributed by atoms with Crippen LogP contribution >= 0.6 is 0 Å². The van der Waals surface area contributed by atoms with E-state index >= 15 is 0 Å². The van der Waals surface area contributed by atoms with Crippen LogP contribution in [0, 0.1) is 6.92 Å². The number of allylic oxidation sites excluding steroid dienone is 5. The minimum atomic E-state index is -0.437. The molecule has 0 amide bonds. The van der Waals surface area contributed by atoms with Gasteiger partial charge in [-0.1, -0.05) is 60.3 Å².